The molecule has 1 unspecified atom stereocenters. The van der Waals surface area contributed by atoms with Gasteiger partial charge in [0.05, 0.1) is 0 Å². The van der Waals surface area contributed by atoms with Crippen molar-refractivity contribution in [3.8, 4) is 0 Å². The van der Waals surface area contributed by atoms with E-state index in [1.165, 1.54) is 5.57 Å². The van der Waals surface area contributed by atoms with Crippen molar-refractivity contribution >= 4 is 0 Å². The molecule has 0 fully saturated rings. The van der Waals surface area contributed by atoms with Gasteiger partial charge in [-0.2, -0.15) is 11.6 Å². The van der Waals surface area contributed by atoms with E-state index in [9.17, 15) is 0 Å². The molecule has 13 heavy (non-hydrogen) atoms. The van der Waals surface area contributed by atoms with Crippen LogP contribution in [0.4, 0.5) is 0 Å². The molecule has 1 aliphatic rings. The molecule has 0 spiro atoms. The third-order valence-corrected chi connectivity index (χ3v) is 1.80. The molecule has 0 nitrogen and oxygen atoms in total. The topological polar surface area (TPSA) is 0 Å². The fourth-order valence-corrected chi connectivity index (χ4v) is 1.05. The minimum absolute atomic E-state index is 0. The van der Waals surface area contributed by atoms with Gasteiger partial charge in [0.2, 0.25) is 0 Å². The molecule has 76 valence electrons. The van der Waals surface area contributed by atoms with Crippen LogP contribution in [0, 0.1) is 17.4 Å². The average molecular weight is 385 g/mol. The number of halogens is 2. The molecule has 0 saturated heterocycles. The summed E-state index contributed by atoms with van der Waals surface area (Å²) in [6, 6.07) is 0. The van der Waals surface area contributed by atoms with Gasteiger partial charge in [0.25, 0.3) is 0 Å². The Labute approximate surface area is 113 Å². The normalized spacial score (nSPS) is 19.4. The molecule has 0 amide bonds. The van der Waals surface area contributed by atoms with E-state index in [1.807, 2.05) is 0 Å². The number of hydrogen-bond acceptors (Lipinski definition) is 0. The molecule has 0 saturated carbocycles. The van der Waals surface area contributed by atoms with Crippen molar-refractivity contribution < 1.29 is 50.7 Å². The van der Waals surface area contributed by atoms with Crippen LogP contribution in [0.5, 0.6) is 0 Å². The second-order valence-electron chi connectivity index (χ2n) is 3.97. The van der Waals surface area contributed by atoms with Gasteiger partial charge in [-0.15, -0.1) is 0 Å². The van der Waals surface area contributed by atoms with Crippen LogP contribution in [-0.2, 0) is 25.8 Å². The summed E-state index contributed by atoms with van der Waals surface area (Å²) in [5, 5.41) is 0. The van der Waals surface area contributed by atoms with E-state index in [2.05, 4.69) is 45.9 Å². The third kappa shape index (κ3) is 6.09. The Bertz CT molecular complexity index is 190. The fraction of sp³-hybridized carbons (Fsp3) is 0.600. The molecule has 3 heteroatoms. The monoisotopic (exact) mass is 385 g/mol. The minimum atomic E-state index is 0. The van der Waals surface area contributed by atoms with E-state index < -0.39 is 0 Å². The Kier molecular flexibility index (Phi) is 10.9. The second-order valence-corrected chi connectivity index (χ2v) is 3.97. The summed E-state index contributed by atoms with van der Waals surface area (Å²) < 4.78 is 0. The minimum Gasteiger partial charge on any atom is -1.00 e. The smallest absolute Gasteiger partial charge is 0 e. The molecule has 0 bridgehead atoms. The second kappa shape index (κ2) is 7.25. The molecule has 0 N–H and O–H groups in total. The molecule has 0 aromatic rings. The van der Waals surface area contributed by atoms with E-state index in [0.717, 1.165) is 0 Å². The predicted molar refractivity (Wildman–Crippen MR) is 44.5 cm³/mol. The van der Waals surface area contributed by atoms with Crippen LogP contribution in [0.2, 0.25) is 0 Å². The zero-order chi connectivity index (χ0) is 7.78. The van der Waals surface area contributed by atoms with Gasteiger partial charge < -0.3 is 24.8 Å². The maximum Gasteiger partial charge on any atom is 0 e. The van der Waals surface area contributed by atoms with Crippen molar-refractivity contribution in [1.82, 2.24) is 0 Å². The van der Waals surface area contributed by atoms with Crippen LogP contribution in [-0.4, -0.2) is 0 Å². The van der Waals surface area contributed by atoms with E-state index in [-0.39, 0.29) is 50.7 Å². The summed E-state index contributed by atoms with van der Waals surface area (Å²) in [6.45, 7) is 8.86. The molecule has 1 aliphatic carbocycles. The molecule has 0 aromatic heterocycles. The largest absolute Gasteiger partial charge is 1.00 e. The van der Waals surface area contributed by atoms with E-state index in [4.69, 9.17) is 0 Å². The van der Waals surface area contributed by atoms with Crippen LogP contribution in [0.1, 0.15) is 27.7 Å². The van der Waals surface area contributed by atoms with E-state index in [0.29, 0.717) is 11.3 Å². The number of hydrogen-bond donors (Lipinski definition) is 0. The Morgan fingerprint density at radius 1 is 1.23 bits per heavy atom. The van der Waals surface area contributed by atoms with Crippen LogP contribution in [0.25, 0.3) is 0 Å². The zero-order valence-electron chi connectivity index (χ0n) is 8.49. The molecule has 1 atom stereocenters. The molecular weight excluding hydrogens is 370 g/mol. The Hall–Kier alpha value is 0.930. The fourth-order valence-electron chi connectivity index (χ4n) is 1.05. The summed E-state index contributed by atoms with van der Waals surface area (Å²) in [7, 11) is 0. The molecule has 0 heterocycles. The first-order chi connectivity index (χ1) is 4.50. The molecular formula is C10H15Cl2Hf-3. The molecule has 0 aliphatic heterocycles. The molecule has 1 rings (SSSR count). The maximum absolute atomic E-state index is 3.26. The zero-order valence-corrected chi connectivity index (χ0v) is 13.6. The van der Waals surface area contributed by atoms with Gasteiger partial charge in [0.1, 0.15) is 0 Å². The predicted octanol–water partition coefficient (Wildman–Crippen LogP) is -3.03. The summed E-state index contributed by atoms with van der Waals surface area (Å²) in [4.78, 5) is 0. The van der Waals surface area contributed by atoms with Gasteiger partial charge in [0.15, 0.2) is 0 Å². The van der Waals surface area contributed by atoms with Crippen LogP contribution >= 0.6 is 0 Å². The SMILES string of the molecule is CC1[C-]=CC(C(C)(C)C)=C1.[Cl-].[Cl-].[Hf]. The van der Waals surface area contributed by atoms with Gasteiger partial charge in [-0.05, 0) is 0 Å². The summed E-state index contributed by atoms with van der Waals surface area (Å²) >= 11 is 0. The van der Waals surface area contributed by atoms with Crippen LogP contribution < -0.4 is 24.8 Å². The maximum atomic E-state index is 3.26. The first-order valence-electron chi connectivity index (χ1n) is 3.82. The van der Waals surface area contributed by atoms with Gasteiger partial charge >= 0.3 is 0 Å². The van der Waals surface area contributed by atoms with Gasteiger partial charge in [-0.3, -0.25) is 6.08 Å². The van der Waals surface area contributed by atoms with Crippen molar-refractivity contribution in [2.45, 2.75) is 27.7 Å². The van der Waals surface area contributed by atoms with Gasteiger partial charge in [-0.1, -0.05) is 39.0 Å². The van der Waals surface area contributed by atoms with Crippen molar-refractivity contribution in [2.75, 3.05) is 0 Å². The van der Waals surface area contributed by atoms with Crippen molar-refractivity contribution in [3.05, 3.63) is 23.8 Å². The first-order valence-corrected chi connectivity index (χ1v) is 3.82. The number of allylic oxidation sites excluding steroid dienone is 4. The summed E-state index contributed by atoms with van der Waals surface area (Å²) in [6.07, 6.45) is 7.65. The third-order valence-electron chi connectivity index (χ3n) is 1.80. The standard InChI is InChI=1S/C10H15.2ClH.Hf/c1-8-5-6-9(7-8)10(2,3)4;;;/h6-8H,1-4H3;2*1H;/q-1;;;/p-2. The summed E-state index contributed by atoms with van der Waals surface area (Å²) in [5.41, 5.74) is 1.72. The van der Waals surface area contributed by atoms with Crippen molar-refractivity contribution in [1.29, 1.82) is 0 Å². The average Bonchev–Trinajstić information content (AvgIpc) is 2.11. The number of rotatable bonds is 0. The Balaban J connectivity index is -0.000000333. The first kappa shape index (κ1) is 19.5. The van der Waals surface area contributed by atoms with Crippen molar-refractivity contribution in [3.63, 3.8) is 0 Å². The van der Waals surface area contributed by atoms with E-state index >= 15 is 0 Å². The van der Waals surface area contributed by atoms with Crippen molar-refractivity contribution in [2.24, 2.45) is 11.3 Å². The Morgan fingerprint density at radius 3 is 1.85 bits per heavy atom. The van der Waals surface area contributed by atoms with Gasteiger partial charge in [0, 0.05) is 25.8 Å². The van der Waals surface area contributed by atoms with Crippen LogP contribution in [0.3, 0.4) is 0 Å². The van der Waals surface area contributed by atoms with E-state index in [1.54, 1.807) is 0 Å². The Morgan fingerprint density at radius 2 is 1.69 bits per heavy atom. The molecule has 0 radical (unpaired) electrons. The van der Waals surface area contributed by atoms with Crippen LogP contribution in [0.15, 0.2) is 17.7 Å². The molecule has 0 aromatic carbocycles. The van der Waals surface area contributed by atoms with Gasteiger partial charge in [-0.25, -0.2) is 6.08 Å². The quantitative estimate of drug-likeness (QED) is 0.308. The summed E-state index contributed by atoms with van der Waals surface area (Å²) in [5.74, 6) is 0.522.